The number of urea groups is 1. The van der Waals surface area contributed by atoms with E-state index in [-0.39, 0.29) is 24.1 Å². The number of likely N-dealkylation sites (tertiary alicyclic amines) is 1. The lowest BCUT2D eigenvalue weighted by Gasteiger charge is -2.21. The Kier molecular flexibility index (Phi) is 6.33. The minimum atomic E-state index is -0.280. The van der Waals surface area contributed by atoms with E-state index in [1.807, 2.05) is 19.1 Å². The number of anilines is 1. The molecule has 2 N–H and O–H groups in total. The quantitative estimate of drug-likeness (QED) is 0.781. The summed E-state index contributed by atoms with van der Waals surface area (Å²) in [6, 6.07) is 6.88. The molecule has 0 aliphatic carbocycles. The molecule has 2 fully saturated rings. The summed E-state index contributed by atoms with van der Waals surface area (Å²) in [5.41, 5.74) is 0.691. The molecule has 2 aliphatic rings. The zero-order valence-corrected chi connectivity index (χ0v) is 15.2. The molecule has 7 nitrogen and oxygen atoms in total. The van der Waals surface area contributed by atoms with Crippen LogP contribution in [0.15, 0.2) is 24.3 Å². The maximum atomic E-state index is 12.1. The molecule has 0 radical (unpaired) electrons. The maximum absolute atomic E-state index is 12.1. The molecule has 0 spiro atoms. The van der Waals surface area contributed by atoms with Crippen LogP contribution in [0.5, 0.6) is 5.75 Å². The Bertz CT molecular complexity index is 614. The van der Waals surface area contributed by atoms with E-state index < -0.39 is 0 Å². The van der Waals surface area contributed by atoms with Gasteiger partial charge in [-0.2, -0.15) is 0 Å². The first-order valence-electron chi connectivity index (χ1n) is 9.30. The number of nitrogens with zero attached hydrogens (tertiary/aromatic N) is 1. The predicted octanol–water partition coefficient (Wildman–Crippen LogP) is 2.38. The second kappa shape index (κ2) is 8.89. The van der Waals surface area contributed by atoms with Gasteiger partial charge in [0.2, 0.25) is 5.91 Å². The summed E-state index contributed by atoms with van der Waals surface area (Å²) in [6.45, 7) is 4.59. The van der Waals surface area contributed by atoms with Crippen LogP contribution in [0, 0.1) is 0 Å². The van der Waals surface area contributed by atoms with E-state index in [9.17, 15) is 9.59 Å². The Balaban J connectivity index is 1.39. The lowest BCUT2D eigenvalue weighted by atomic mass is 10.2. The number of carbonyl (C=O) groups is 2. The molecule has 3 amide bonds. The molecule has 0 aromatic heterocycles. The molecule has 26 heavy (non-hydrogen) atoms. The van der Waals surface area contributed by atoms with Gasteiger partial charge in [-0.3, -0.25) is 4.79 Å². The summed E-state index contributed by atoms with van der Waals surface area (Å²) >= 11 is 0. The molecular weight excluding hydrogens is 334 g/mol. The topological polar surface area (TPSA) is 79.9 Å². The lowest BCUT2D eigenvalue weighted by Crippen LogP contribution is -2.44. The zero-order chi connectivity index (χ0) is 18.4. The molecule has 2 unspecified atom stereocenters. The minimum absolute atomic E-state index is 0.105. The number of nitrogens with one attached hydrogen (secondary N) is 2. The van der Waals surface area contributed by atoms with E-state index >= 15 is 0 Å². The average Bonchev–Trinajstić information content (AvgIpc) is 3.26. The molecular formula is C19H27N3O4. The van der Waals surface area contributed by atoms with Crippen molar-refractivity contribution in [3.8, 4) is 5.75 Å². The summed E-state index contributed by atoms with van der Waals surface area (Å²) < 4.78 is 11.2. The van der Waals surface area contributed by atoms with Crippen molar-refractivity contribution in [1.82, 2.24) is 10.2 Å². The van der Waals surface area contributed by atoms with Crippen molar-refractivity contribution in [2.45, 2.75) is 44.8 Å². The maximum Gasteiger partial charge on any atom is 0.319 e. The van der Waals surface area contributed by atoms with Crippen molar-refractivity contribution < 1.29 is 19.1 Å². The Morgan fingerprint density at radius 1 is 1.35 bits per heavy atom. The standard InChI is InChI=1S/C19H27N3O4/c1-14(12-22-10-2-5-18(22)23)20-19(24)21-15-6-8-16(9-7-15)26-13-17-4-3-11-25-17/h6-9,14,17H,2-5,10-13H2,1H3,(H2,20,21,24). The van der Waals surface area contributed by atoms with Gasteiger partial charge < -0.3 is 25.0 Å². The van der Waals surface area contributed by atoms with Gasteiger partial charge in [0.05, 0.1) is 6.10 Å². The highest BCUT2D eigenvalue weighted by Gasteiger charge is 2.22. The van der Waals surface area contributed by atoms with Gasteiger partial charge in [-0.25, -0.2) is 4.79 Å². The monoisotopic (exact) mass is 361 g/mol. The highest BCUT2D eigenvalue weighted by Crippen LogP contribution is 2.18. The Morgan fingerprint density at radius 2 is 2.15 bits per heavy atom. The van der Waals surface area contributed by atoms with Crippen molar-refractivity contribution in [3.05, 3.63) is 24.3 Å². The second-order valence-corrected chi connectivity index (χ2v) is 6.91. The summed E-state index contributed by atoms with van der Waals surface area (Å²) in [4.78, 5) is 25.5. The smallest absolute Gasteiger partial charge is 0.319 e. The van der Waals surface area contributed by atoms with Gasteiger partial charge in [0.15, 0.2) is 0 Å². The highest BCUT2D eigenvalue weighted by atomic mass is 16.5. The van der Waals surface area contributed by atoms with Crippen LogP contribution in [0.2, 0.25) is 0 Å². The third-order valence-corrected chi connectivity index (χ3v) is 4.62. The largest absolute Gasteiger partial charge is 0.491 e. The number of hydrogen-bond acceptors (Lipinski definition) is 4. The molecule has 1 aromatic rings. The van der Waals surface area contributed by atoms with Gasteiger partial charge in [-0.05, 0) is 50.5 Å². The van der Waals surface area contributed by atoms with Crippen LogP contribution in [-0.2, 0) is 9.53 Å². The fraction of sp³-hybridized carbons (Fsp3) is 0.579. The first-order valence-corrected chi connectivity index (χ1v) is 9.30. The van der Waals surface area contributed by atoms with Gasteiger partial charge in [-0.15, -0.1) is 0 Å². The van der Waals surface area contributed by atoms with Gasteiger partial charge in [0.25, 0.3) is 0 Å². The number of benzene rings is 1. The minimum Gasteiger partial charge on any atom is -0.491 e. The van der Waals surface area contributed by atoms with E-state index in [4.69, 9.17) is 9.47 Å². The van der Waals surface area contributed by atoms with Crippen LogP contribution in [-0.4, -0.2) is 55.3 Å². The second-order valence-electron chi connectivity index (χ2n) is 6.91. The van der Waals surface area contributed by atoms with Crippen LogP contribution in [0.3, 0.4) is 0 Å². The van der Waals surface area contributed by atoms with Crippen molar-refractivity contribution in [2.24, 2.45) is 0 Å². The number of carbonyl (C=O) groups excluding carboxylic acids is 2. The summed E-state index contributed by atoms with van der Waals surface area (Å²) in [6.07, 6.45) is 3.83. The first kappa shape index (κ1) is 18.5. The van der Waals surface area contributed by atoms with Crippen molar-refractivity contribution >= 4 is 17.6 Å². The Morgan fingerprint density at radius 3 is 2.81 bits per heavy atom. The predicted molar refractivity (Wildman–Crippen MR) is 98.3 cm³/mol. The lowest BCUT2D eigenvalue weighted by molar-refractivity contribution is -0.127. The first-order chi connectivity index (χ1) is 12.6. The van der Waals surface area contributed by atoms with Crippen LogP contribution in [0.1, 0.15) is 32.6 Å². The third kappa shape index (κ3) is 5.36. The fourth-order valence-corrected chi connectivity index (χ4v) is 3.26. The van der Waals surface area contributed by atoms with Crippen LogP contribution in [0.4, 0.5) is 10.5 Å². The summed E-state index contributed by atoms with van der Waals surface area (Å²) in [7, 11) is 0. The molecule has 0 saturated carbocycles. The van der Waals surface area contributed by atoms with Crippen molar-refractivity contribution in [1.29, 1.82) is 0 Å². The molecule has 2 atom stereocenters. The summed E-state index contributed by atoms with van der Waals surface area (Å²) in [5.74, 6) is 0.921. The van der Waals surface area contributed by atoms with Gasteiger partial charge >= 0.3 is 6.03 Å². The van der Waals surface area contributed by atoms with Crippen molar-refractivity contribution in [3.63, 3.8) is 0 Å². The van der Waals surface area contributed by atoms with Crippen LogP contribution in [0.25, 0.3) is 0 Å². The van der Waals surface area contributed by atoms with Crippen LogP contribution >= 0.6 is 0 Å². The van der Waals surface area contributed by atoms with E-state index in [0.717, 1.165) is 38.2 Å². The molecule has 142 valence electrons. The van der Waals surface area contributed by atoms with Gasteiger partial charge in [-0.1, -0.05) is 0 Å². The number of amides is 3. The Hall–Kier alpha value is -2.28. The van der Waals surface area contributed by atoms with E-state index in [1.165, 1.54) is 0 Å². The fourth-order valence-electron chi connectivity index (χ4n) is 3.26. The van der Waals surface area contributed by atoms with Gasteiger partial charge in [0.1, 0.15) is 12.4 Å². The van der Waals surface area contributed by atoms with E-state index in [2.05, 4.69) is 10.6 Å². The average molecular weight is 361 g/mol. The van der Waals surface area contributed by atoms with Gasteiger partial charge in [0, 0.05) is 37.8 Å². The molecule has 1 aromatic carbocycles. The highest BCUT2D eigenvalue weighted by molar-refractivity contribution is 5.89. The number of ether oxygens (including phenoxy) is 2. The molecule has 2 aliphatic heterocycles. The molecule has 0 bridgehead atoms. The van der Waals surface area contributed by atoms with E-state index in [0.29, 0.717) is 25.3 Å². The zero-order valence-electron chi connectivity index (χ0n) is 15.2. The van der Waals surface area contributed by atoms with E-state index in [1.54, 1.807) is 17.0 Å². The number of hydrogen-bond donors (Lipinski definition) is 2. The van der Waals surface area contributed by atoms with Crippen LogP contribution < -0.4 is 15.4 Å². The number of rotatable bonds is 7. The molecule has 2 heterocycles. The molecule has 3 rings (SSSR count). The van der Waals surface area contributed by atoms with Crippen molar-refractivity contribution in [2.75, 3.05) is 31.6 Å². The molecule has 7 heteroatoms. The SMILES string of the molecule is CC(CN1CCCC1=O)NC(=O)Nc1ccc(OCC2CCCO2)cc1. The normalized spacial score (nSPS) is 20.9. The molecule has 2 saturated heterocycles. The summed E-state index contributed by atoms with van der Waals surface area (Å²) in [5, 5.41) is 5.66. The Labute approximate surface area is 154 Å². The third-order valence-electron chi connectivity index (χ3n) is 4.62.